The molecule has 3 heterocycles. The number of rotatable bonds is 8. The van der Waals surface area contributed by atoms with Gasteiger partial charge in [0.15, 0.2) is 0 Å². The third kappa shape index (κ3) is 5.18. The number of fused-ring (bicyclic) bond motifs is 3. The van der Waals surface area contributed by atoms with E-state index in [1.165, 1.54) is 0 Å². The molecule has 2 aromatic carbocycles. The van der Waals surface area contributed by atoms with Gasteiger partial charge in [-0.2, -0.15) is 0 Å². The van der Waals surface area contributed by atoms with Crippen molar-refractivity contribution in [1.29, 1.82) is 0 Å². The van der Waals surface area contributed by atoms with Crippen LogP contribution in [-0.4, -0.2) is 54.3 Å². The van der Waals surface area contributed by atoms with E-state index in [1.54, 1.807) is 11.1 Å². The predicted octanol–water partition coefficient (Wildman–Crippen LogP) is 3.15. The summed E-state index contributed by atoms with van der Waals surface area (Å²) in [6, 6.07) is 17.7. The smallest absolute Gasteiger partial charge is 0.244 e. The van der Waals surface area contributed by atoms with Crippen molar-refractivity contribution in [2.45, 2.75) is 51.1 Å². The number of nitrogens with zero attached hydrogens (tertiary/aromatic N) is 2. The lowest BCUT2D eigenvalue weighted by molar-refractivity contribution is -0.145. The van der Waals surface area contributed by atoms with Crippen LogP contribution in [0.2, 0.25) is 0 Å². The van der Waals surface area contributed by atoms with Crippen molar-refractivity contribution in [3.05, 3.63) is 88.6 Å². The third-order valence-electron chi connectivity index (χ3n) is 9.05. The van der Waals surface area contributed by atoms with E-state index < -0.39 is 10.8 Å². The highest BCUT2D eigenvalue weighted by molar-refractivity contribution is 6.06. The Morgan fingerprint density at radius 3 is 2.64 bits per heavy atom. The molecule has 1 spiro atoms. The average Bonchev–Trinajstić information content (AvgIpc) is 3.50. The molecule has 3 aromatic rings. The maximum Gasteiger partial charge on any atom is 0.244 e. The van der Waals surface area contributed by atoms with Crippen LogP contribution in [0.25, 0.3) is 0 Å². The number of carbonyl (C=O) groups excluding carboxylic acids is 3. The molecule has 1 aromatic heterocycles. The molecule has 0 bridgehead atoms. The molecule has 3 amide bonds. The highest BCUT2D eigenvalue weighted by Gasteiger charge is 2.51. The molecule has 9 heteroatoms. The number of hydrogen-bond acceptors (Lipinski definition) is 6. The van der Waals surface area contributed by atoms with E-state index in [-0.39, 0.29) is 24.3 Å². The Kier molecular flexibility index (Phi) is 7.55. The first-order valence-corrected chi connectivity index (χ1v) is 14.7. The summed E-state index contributed by atoms with van der Waals surface area (Å²) < 4.78 is 0. The van der Waals surface area contributed by atoms with Gasteiger partial charge in [0, 0.05) is 37.1 Å². The SMILES string of the molecule is CNCc1ccccc1CN(CC(=O)Nc1ccc2c(c1)C[C@@]1(C2)C(=O)Nc2ncccc21)C(=O)C1(C)CCCNC1. The Bertz CT molecular complexity index is 1530. The zero-order valence-electron chi connectivity index (χ0n) is 24.3. The number of aromatic nitrogens is 1. The number of carbonyl (C=O) groups is 3. The third-order valence-corrected chi connectivity index (χ3v) is 9.05. The van der Waals surface area contributed by atoms with Crippen molar-refractivity contribution < 1.29 is 14.4 Å². The van der Waals surface area contributed by atoms with Crippen molar-refractivity contribution in [3.63, 3.8) is 0 Å². The van der Waals surface area contributed by atoms with Crippen LogP contribution < -0.4 is 21.3 Å². The maximum atomic E-state index is 14.0. The number of benzene rings is 2. The van der Waals surface area contributed by atoms with Crippen LogP contribution >= 0.6 is 0 Å². The summed E-state index contributed by atoms with van der Waals surface area (Å²) in [5, 5.41) is 12.5. The van der Waals surface area contributed by atoms with Gasteiger partial charge in [-0.1, -0.05) is 36.4 Å². The van der Waals surface area contributed by atoms with Gasteiger partial charge in [-0.05, 0) is 86.7 Å². The van der Waals surface area contributed by atoms with Gasteiger partial charge >= 0.3 is 0 Å². The molecule has 1 saturated heterocycles. The quantitative estimate of drug-likeness (QED) is 0.333. The zero-order valence-corrected chi connectivity index (χ0v) is 24.3. The fourth-order valence-corrected chi connectivity index (χ4v) is 6.82. The van der Waals surface area contributed by atoms with E-state index in [0.29, 0.717) is 44.0 Å². The summed E-state index contributed by atoms with van der Waals surface area (Å²) in [5.74, 6) is 0.338. The van der Waals surface area contributed by atoms with Crippen LogP contribution in [-0.2, 0) is 45.7 Å². The molecule has 4 N–H and O–H groups in total. The Morgan fingerprint density at radius 1 is 1.05 bits per heavy atom. The Balaban J connectivity index is 1.20. The lowest BCUT2D eigenvalue weighted by atomic mass is 9.79. The molecule has 0 saturated carbocycles. The molecule has 42 heavy (non-hydrogen) atoms. The van der Waals surface area contributed by atoms with Gasteiger partial charge < -0.3 is 26.2 Å². The number of nitrogens with one attached hydrogen (secondary N) is 4. The second kappa shape index (κ2) is 11.3. The Labute approximate surface area is 246 Å². The first-order valence-electron chi connectivity index (χ1n) is 14.7. The van der Waals surface area contributed by atoms with Crippen LogP contribution in [0, 0.1) is 5.41 Å². The lowest BCUT2D eigenvalue weighted by Crippen LogP contribution is -2.51. The first-order chi connectivity index (χ1) is 20.3. The van der Waals surface area contributed by atoms with Gasteiger partial charge in [-0.3, -0.25) is 14.4 Å². The second-order valence-electron chi connectivity index (χ2n) is 12.1. The number of pyridine rings is 1. The Hall–Kier alpha value is -4.08. The fraction of sp³-hybridized carbons (Fsp3) is 0.394. The number of hydrogen-bond donors (Lipinski definition) is 4. The Morgan fingerprint density at radius 2 is 1.86 bits per heavy atom. The molecule has 0 radical (unpaired) electrons. The van der Waals surface area contributed by atoms with Gasteiger partial charge in [0.1, 0.15) is 12.4 Å². The minimum Gasteiger partial charge on any atom is -0.329 e. The van der Waals surface area contributed by atoms with Gasteiger partial charge in [-0.25, -0.2) is 4.98 Å². The first kappa shape index (κ1) is 28.1. The van der Waals surface area contributed by atoms with Gasteiger partial charge in [0.2, 0.25) is 17.7 Å². The number of amides is 3. The topological polar surface area (TPSA) is 115 Å². The minimum atomic E-state index is -0.665. The molecule has 1 aliphatic carbocycles. The van der Waals surface area contributed by atoms with Crippen molar-refractivity contribution in [2.75, 3.05) is 37.3 Å². The molecule has 2 aliphatic heterocycles. The summed E-state index contributed by atoms with van der Waals surface area (Å²) in [6.07, 6.45) is 4.55. The van der Waals surface area contributed by atoms with Gasteiger partial charge in [0.05, 0.1) is 10.8 Å². The van der Waals surface area contributed by atoms with Crippen LogP contribution in [0.5, 0.6) is 0 Å². The van der Waals surface area contributed by atoms with E-state index in [9.17, 15) is 14.4 Å². The zero-order chi connectivity index (χ0) is 29.3. The van der Waals surface area contributed by atoms with E-state index in [0.717, 1.165) is 47.2 Å². The molecule has 218 valence electrons. The summed E-state index contributed by atoms with van der Waals surface area (Å²) in [5.41, 5.74) is 4.61. The summed E-state index contributed by atoms with van der Waals surface area (Å²) in [7, 11) is 1.90. The molecular formula is C33H38N6O3. The lowest BCUT2D eigenvalue weighted by Gasteiger charge is -2.37. The monoisotopic (exact) mass is 566 g/mol. The van der Waals surface area contributed by atoms with Crippen LogP contribution in [0.15, 0.2) is 60.8 Å². The molecule has 9 nitrogen and oxygen atoms in total. The van der Waals surface area contributed by atoms with E-state index >= 15 is 0 Å². The van der Waals surface area contributed by atoms with Gasteiger partial charge in [-0.15, -0.1) is 0 Å². The largest absolute Gasteiger partial charge is 0.329 e. The molecule has 6 rings (SSSR count). The van der Waals surface area contributed by atoms with Crippen LogP contribution in [0.1, 0.15) is 47.6 Å². The predicted molar refractivity (Wildman–Crippen MR) is 162 cm³/mol. The fourth-order valence-electron chi connectivity index (χ4n) is 6.82. The van der Waals surface area contributed by atoms with Crippen molar-refractivity contribution in [2.24, 2.45) is 5.41 Å². The highest BCUT2D eigenvalue weighted by atomic mass is 16.2. The highest BCUT2D eigenvalue weighted by Crippen LogP contribution is 2.47. The van der Waals surface area contributed by atoms with Gasteiger partial charge in [0.25, 0.3) is 0 Å². The van der Waals surface area contributed by atoms with Crippen LogP contribution in [0.3, 0.4) is 0 Å². The average molecular weight is 567 g/mol. The molecule has 2 atom stereocenters. The van der Waals surface area contributed by atoms with E-state index in [2.05, 4.69) is 32.3 Å². The summed E-state index contributed by atoms with van der Waals surface area (Å²) >= 11 is 0. The van der Waals surface area contributed by atoms with E-state index in [4.69, 9.17) is 0 Å². The number of piperidine rings is 1. The molecular weight excluding hydrogens is 528 g/mol. The standard InChI is InChI=1S/C33H38N6O3/c1-32(12-6-13-35-21-32)31(42)39(19-24-8-4-3-7-23(24)18-34-2)20-28(40)37-26-11-10-22-16-33(17-25(22)15-26)27-9-5-14-36-29(27)38-30(33)41/h3-5,7-11,14-15,34-35H,6,12-13,16-21H2,1-2H3,(H,37,40)(H,36,38,41)/t32?,33-/m1/s1. The van der Waals surface area contributed by atoms with Crippen molar-refractivity contribution in [3.8, 4) is 0 Å². The van der Waals surface area contributed by atoms with Crippen molar-refractivity contribution >= 4 is 29.2 Å². The number of anilines is 2. The van der Waals surface area contributed by atoms with Crippen molar-refractivity contribution in [1.82, 2.24) is 20.5 Å². The summed E-state index contributed by atoms with van der Waals surface area (Å²) in [4.78, 5) is 46.6. The maximum absolute atomic E-state index is 14.0. The summed E-state index contributed by atoms with van der Waals surface area (Å²) in [6.45, 7) is 4.48. The molecule has 1 unspecified atom stereocenters. The molecule has 1 fully saturated rings. The normalized spacial score (nSPS) is 22.4. The molecule has 3 aliphatic rings. The second-order valence-corrected chi connectivity index (χ2v) is 12.1. The minimum absolute atomic E-state index is 0.0143. The van der Waals surface area contributed by atoms with Crippen LogP contribution in [0.4, 0.5) is 11.5 Å². The van der Waals surface area contributed by atoms with E-state index in [1.807, 2.05) is 62.5 Å².